The number of hydrogen-bond donors (Lipinski definition) is 0. The summed E-state index contributed by atoms with van der Waals surface area (Å²) in [6, 6.07) is 0. The van der Waals surface area contributed by atoms with Gasteiger partial charge in [0.1, 0.15) is 6.29 Å². The molecule has 130 valence electrons. The van der Waals surface area contributed by atoms with E-state index in [9.17, 15) is 4.79 Å². The second kappa shape index (κ2) is 18.5. The SMILES string of the molecule is CC(C)CCCCCC/C=C\CCCCCCCCCC=O. The number of hydrogen-bond acceptors (Lipinski definition) is 1. The summed E-state index contributed by atoms with van der Waals surface area (Å²) in [6.07, 6.45) is 25.2. The summed E-state index contributed by atoms with van der Waals surface area (Å²) < 4.78 is 0. The lowest BCUT2D eigenvalue weighted by Crippen LogP contribution is -1.86. The van der Waals surface area contributed by atoms with Crippen LogP contribution in [0.15, 0.2) is 12.2 Å². The predicted molar refractivity (Wildman–Crippen MR) is 99.3 cm³/mol. The van der Waals surface area contributed by atoms with Gasteiger partial charge in [-0.25, -0.2) is 0 Å². The van der Waals surface area contributed by atoms with Gasteiger partial charge in [0.25, 0.3) is 0 Å². The molecule has 0 N–H and O–H groups in total. The Morgan fingerprint density at radius 2 is 1.00 bits per heavy atom. The highest BCUT2D eigenvalue weighted by atomic mass is 16.1. The minimum Gasteiger partial charge on any atom is -0.303 e. The van der Waals surface area contributed by atoms with Gasteiger partial charge in [-0.05, 0) is 38.0 Å². The summed E-state index contributed by atoms with van der Waals surface area (Å²) in [5.41, 5.74) is 0. The van der Waals surface area contributed by atoms with E-state index in [0.717, 1.165) is 25.0 Å². The van der Waals surface area contributed by atoms with E-state index >= 15 is 0 Å². The number of allylic oxidation sites excluding steroid dienone is 2. The minimum atomic E-state index is 0.753. The summed E-state index contributed by atoms with van der Waals surface area (Å²) in [5.74, 6) is 0.872. The van der Waals surface area contributed by atoms with Gasteiger partial charge in [-0.1, -0.05) is 83.8 Å². The Balaban J connectivity index is 3.07. The molecule has 0 radical (unpaired) electrons. The highest BCUT2D eigenvalue weighted by molar-refractivity contribution is 5.48. The van der Waals surface area contributed by atoms with Gasteiger partial charge in [0, 0.05) is 6.42 Å². The standard InChI is InChI=1S/C21H40O/c1-21(2)19-17-15-13-11-9-7-5-3-4-6-8-10-12-14-16-18-20-22/h5,7,20-21H,3-4,6,8-19H2,1-2H3/b7-5-. The Bertz CT molecular complexity index is 242. The van der Waals surface area contributed by atoms with Crippen LogP contribution in [-0.4, -0.2) is 6.29 Å². The Morgan fingerprint density at radius 1 is 0.591 bits per heavy atom. The molecule has 0 saturated heterocycles. The lowest BCUT2D eigenvalue weighted by Gasteiger charge is -2.03. The van der Waals surface area contributed by atoms with E-state index < -0.39 is 0 Å². The summed E-state index contributed by atoms with van der Waals surface area (Å²) in [7, 11) is 0. The number of carbonyl (C=O) groups is 1. The van der Waals surface area contributed by atoms with Crippen molar-refractivity contribution in [2.24, 2.45) is 5.92 Å². The van der Waals surface area contributed by atoms with Gasteiger partial charge >= 0.3 is 0 Å². The molecule has 0 aliphatic heterocycles. The molecule has 1 heteroatoms. The van der Waals surface area contributed by atoms with Crippen LogP contribution in [0.25, 0.3) is 0 Å². The first kappa shape index (κ1) is 21.4. The topological polar surface area (TPSA) is 17.1 Å². The minimum absolute atomic E-state index is 0.753. The van der Waals surface area contributed by atoms with Crippen molar-refractivity contribution in [3.05, 3.63) is 12.2 Å². The summed E-state index contributed by atoms with van der Waals surface area (Å²) >= 11 is 0. The highest BCUT2D eigenvalue weighted by Gasteiger charge is 1.94. The molecule has 0 aliphatic carbocycles. The first-order chi connectivity index (χ1) is 10.8. The van der Waals surface area contributed by atoms with E-state index in [-0.39, 0.29) is 0 Å². The van der Waals surface area contributed by atoms with E-state index in [1.54, 1.807) is 0 Å². The van der Waals surface area contributed by atoms with Gasteiger partial charge in [0.05, 0.1) is 0 Å². The average Bonchev–Trinajstić information content (AvgIpc) is 2.50. The van der Waals surface area contributed by atoms with E-state index in [1.165, 1.54) is 83.5 Å². The van der Waals surface area contributed by atoms with Crippen LogP contribution >= 0.6 is 0 Å². The summed E-state index contributed by atoms with van der Waals surface area (Å²) in [4.78, 5) is 10.2. The van der Waals surface area contributed by atoms with Crippen molar-refractivity contribution in [2.45, 2.75) is 110 Å². The molecule has 0 spiro atoms. The molecule has 0 atom stereocenters. The predicted octanol–water partition coefficient (Wildman–Crippen LogP) is 7.25. The molecular formula is C21H40O. The second-order valence-electron chi connectivity index (χ2n) is 7.08. The van der Waals surface area contributed by atoms with Gasteiger partial charge < -0.3 is 4.79 Å². The van der Waals surface area contributed by atoms with Crippen LogP contribution in [-0.2, 0) is 4.79 Å². The third-order valence-corrected chi connectivity index (χ3v) is 4.26. The third-order valence-electron chi connectivity index (χ3n) is 4.26. The van der Waals surface area contributed by atoms with Crippen molar-refractivity contribution in [1.82, 2.24) is 0 Å². The van der Waals surface area contributed by atoms with Crippen molar-refractivity contribution >= 4 is 6.29 Å². The van der Waals surface area contributed by atoms with E-state index in [2.05, 4.69) is 26.0 Å². The smallest absolute Gasteiger partial charge is 0.119 e. The molecule has 0 saturated carbocycles. The van der Waals surface area contributed by atoms with Crippen molar-refractivity contribution < 1.29 is 4.79 Å². The zero-order valence-corrected chi connectivity index (χ0v) is 15.3. The maximum Gasteiger partial charge on any atom is 0.119 e. The van der Waals surface area contributed by atoms with Crippen molar-refractivity contribution in [1.29, 1.82) is 0 Å². The molecule has 0 aromatic rings. The van der Waals surface area contributed by atoms with Crippen LogP contribution in [0.1, 0.15) is 110 Å². The van der Waals surface area contributed by atoms with Crippen LogP contribution < -0.4 is 0 Å². The highest BCUT2D eigenvalue weighted by Crippen LogP contribution is 2.12. The molecule has 0 amide bonds. The Morgan fingerprint density at radius 3 is 1.45 bits per heavy atom. The van der Waals surface area contributed by atoms with Crippen molar-refractivity contribution in [3.8, 4) is 0 Å². The van der Waals surface area contributed by atoms with Crippen LogP contribution in [0.3, 0.4) is 0 Å². The normalized spacial score (nSPS) is 11.6. The van der Waals surface area contributed by atoms with Crippen molar-refractivity contribution in [3.63, 3.8) is 0 Å². The van der Waals surface area contributed by atoms with Crippen molar-refractivity contribution in [2.75, 3.05) is 0 Å². The quantitative estimate of drug-likeness (QED) is 0.157. The molecule has 0 aliphatic rings. The number of aldehydes is 1. The zero-order chi connectivity index (χ0) is 16.3. The molecule has 0 heterocycles. The largest absolute Gasteiger partial charge is 0.303 e. The number of rotatable bonds is 17. The molecule has 1 nitrogen and oxygen atoms in total. The first-order valence-corrected chi connectivity index (χ1v) is 9.86. The maximum atomic E-state index is 10.2. The molecular weight excluding hydrogens is 268 g/mol. The first-order valence-electron chi connectivity index (χ1n) is 9.86. The van der Waals surface area contributed by atoms with Crippen LogP contribution in [0, 0.1) is 5.92 Å². The second-order valence-corrected chi connectivity index (χ2v) is 7.08. The fraction of sp³-hybridized carbons (Fsp3) is 0.857. The fourth-order valence-corrected chi connectivity index (χ4v) is 2.78. The number of carbonyl (C=O) groups excluding carboxylic acids is 1. The molecule has 22 heavy (non-hydrogen) atoms. The molecule has 0 aromatic carbocycles. The fourth-order valence-electron chi connectivity index (χ4n) is 2.78. The molecule has 0 bridgehead atoms. The summed E-state index contributed by atoms with van der Waals surface area (Å²) in [6.45, 7) is 4.63. The lowest BCUT2D eigenvalue weighted by molar-refractivity contribution is -0.107. The summed E-state index contributed by atoms with van der Waals surface area (Å²) in [5, 5.41) is 0. The Kier molecular flexibility index (Phi) is 18.0. The van der Waals surface area contributed by atoms with Crippen LogP contribution in [0.4, 0.5) is 0 Å². The van der Waals surface area contributed by atoms with E-state index in [0.29, 0.717) is 0 Å². The molecule has 0 aromatic heterocycles. The van der Waals surface area contributed by atoms with Gasteiger partial charge in [-0.2, -0.15) is 0 Å². The van der Waals surface area contributed by atoms with Gasteiger partial charge in [-0.3, -0.25) is 0 Å². The third kappa shape index (κ3) is 19.4. The zero-order valence-electron chi connectivity index (χ0n) is 15.3. The van der Waals surface area contributed by atoms with Crippen LogP contribution in [0.5, 0.6) is 0 Å². The van der Waals surface area contributed by atoms with Crippen LogP contribution in [0.2, 0.25) is 0 Å². The van der Waals surface area contributed by atoms with E-state index in [1.807, 2.05) is 0 Å². The Hall–Kier alpha value is -0.590. The lowest BCUT2D eigenvalue weighted by atomic mass is 10.0. The average molecular weight is 309 g/mol. The monoisotopic (exact) mass is 308 g/mol. The Labute approximate surface area is 140 Å². The molecule has 0 rings (SSSR count). The van der Waals surface area contributed by atoms with Gasteiger partial charge in [0.15, 0.2) is 0 Å². The van der Waals surface area contributed by atoms with E-state index in [4.69, 9.17) is 0 Å². The van der Waals surface area contributed by atoms with Gasteiger partial charge in [0.2, 0.25) is 0 Å². The number of unbranched alkanes of at least 4 members (excludes halogenated alkanes) is 12. The molecule has 0 unspecified atom stereocenters. The molecule has 0 fully saturated rings. The van der Waals surface area contributed by atoms with Gasteiger partial charge in [-0.15, -0.1) is 0 Å². The maximum absolute atomic E-state index is 10.2.